The highest BCUT2D eigenvalue weighted by Gasteiger charge is 2.24. The fraction of sp³-hybridized carbons (Fsp3) is 0.300. The number of halogens is 1. The number of amides is 2. The molecule has 0 saturated carbocycles. The number of nitrogens with one attached hydrogen (secondary N) is 1. The Balaban J connectivity index is 1.41. The van der Waals surface area contributed by atoms with E-state index < -0.39 is 5.82 Å². The predicted octanol–water partition coefficient (Wildman–Crippen LogP) is 4.19. The maximum absolute atomic E-state index is 13.7. The Bertz CT molecular complexity index is 985. The number of hydrogen-bond donors (Lipinski definition) is 1. The Morgan fingerprint density at radius 2 is 1.96 bits per heavy atom. The normalized spacial score (nSPS) is 14.4. The molecule has 1 aliphatic heterocycles. The summed E-state index contributed by atoms with van der Waals surface area (Å²) in [5.41, 5.74) is 1.08. The van der Waals surface area contributed by atoms with E-state index in [2.05, 4.69) is 10.2 Å². The van der Waals surface area contributed by atoms with Crippen LogP contribution in [0.3, 0.4) is 0 Å². The topological polar surface area (TPSA) is 57.7 Å². The highest BCUT2D eigenvalue weighted by Crippen LogP contribution is 2.34. The van der Waals surface area contributed by atoms with E-state index in [9.17, 15) is 9.18 Å². The fourth-order valence-electron chi connectivity index (χ4n) is 3.18. The number of rotatable bonds is 4. The van der Waals surface area contributed by atoms with Crippen LogP contribution < -0.4 is 15.0 Å². The first-order chi connectivity index (χ1) is 13.7. The molecule has 0 aliphatic carbocycles. The molecule has 0 bridgehead atoms. The molecule has 3 aromatic rings. The smallest absolute Gasteiger partial charge is 0.322 e. The first kappa shape index (κ1) is 18.5. The average Bonchev–Trinajstić information content (AvgIpc) is 3.15. The molecule has 1 aliphatic rings. The van der Waals surface area contributed by atoms with Gasteiger partial charge in [0.25, 0.3) is 0 Å². The quantitative estimate of drug-likeness (QED) is 0.714. The van der Waals surface area contributed by atoms with Crippen molar-refractivity contribution in [1.29, 1.82) is 0 Å². The maximum atomic E-state index is 13.7. The van der Waals surface area contributed by atoms with E-state index in [-0.39, 0.29) is 11.7 Å². The molecule has 2 heterocycles. The zero-order valence-electron chi connectivity index (χ0n) is 15.5. The van der Waals surface area contributed by atoms with Crippen molar-refractivity contribution in [2.45, 2.75) is 6.92 Å². The monoisotopic (exact) mass is 400 g/mol. The zero-order valence-corrected chi connectivity index (χ0v) is 16.3. The van der Waals surface area contributed by atoms with Crippen LogP contribution >= 0.6 is 11.3 Å². The van der Waals surface area contributed by atoms with E-state index in [0.29, 0.717) is 32.8 Å². The van der Waals surface area contributed by atoms with Crippen LogP contribution in [-0.4, -0.2) is 48.7 Å². The van der Waals surface area contributed by atoms with Crippen molar-refractivity contribution in [3.63, 3.8) is 0 Å². The third-order valence-corrected chi connectivity index (χ3v) is 5.70. The molecule has 146 valence electrons. The third kappa shape index (κ3) is 3.73. The lowest BCUT2D eigenvalue weighted by molar-refractivity contribution is 0.208. The number of thiazole rings is 1. The number of carbonyl (C=O) groups excluding carboxylic acids is 1. The molecule has 8 heteroatoms. The summed E-state index contributed by atoms with van der Waals surface area (Å²) in [4.78, 5) is 21.0. The first-order valence-electron chi connectivity index (χ1n) is 9.23. The van der Waals surface area contributed by atoms with Gasteiger partial charge in [-0.25, -0.2) is 14.2 Å². The molecule has 1 fully saturated rings. The second-order valence-corrected chi connectivity index (χ2v) is 7.43. The van der Waals surface area contributed by atoms with Crippen molar-refractivity contribution in [2.24, 2.45) is 0 Å². The summed E-state index contributed by atoms with van der Waals surface area (Å²) < 4.78 is 20.5. The number of fused-ring (bicyclic) bond motifs is 1. The molecule has 0 radical (unpaired) electrons. The van der Waals surface area contributed by atoms with Gasteiger partial charge < -0.3 is 19.9 Å². The van der Waals surface area contributed by atoms with Crippen molar-refractivity contribution in [3.05, 3.63) is 48.3 Å². The fourth-order valence-corrected chi connectivity index (χ4v) is 4.21. The number of hydrogen-bond acceptors (Lipinski definition) is 5. The van der Waals surface area contributed by atoms with Crippen LogP contribution in [0.5, 0.6) is 5.75 Å². The largest absolute Gasteiger partial charge is 0.492 e. The Morgan fingerprint density at radius 3 is 2.71 bits per heavy atom. The maximum Gasteiger partial charge on any atom is 0.322 e. The number of benzene rings is 2. The first-order valence-corrected chi connectivity index (χ1v) is 10.0. The molecule has 6 nitrogen and oxygen atoms in total. The minimum absolute atomic E-state index is 0.199. The van der Waals surface area contributed by atoms with Gasteiger partial charge in [-0.1, -0.05) is 29.5 Å². The van der Waals surface area contributed by atoms with Crippen LogP contribution in [0.2, 0.25) is 0 Å². The van der Waals surface area contributed by atoms with E-state index in [1.54, 1.807) is 34.4 Å². The van der Waals surface area contributed by atoms with Crippen LogP contribution in [-0.2, 0) is 0 Å². The number of para-hydroxylation sites is 2. The number of ether oxygens (including phenoxy) is 1. The summed E-state index contributed by atoms with van der Waals surface area (Å²) in [5.74, 6) is 0.361. The zero-order chi connectivity index (χ0) is 19.5. The van der Waals surface area contributed by atoms with Crippen LogP contribution in [0.1, 0.15) is 6.92 Å². The van der Waals surface area contributed by atoms with Crippen LogP contribution in [0.25, 0.3) is 10.2 Å². The number of piperazine rings is 1. The Kier molecular flexibility index (Phi) is 5.29. The van der Waals surface area contributed by atoms with Crippen LogP contribution in [0.15, 0.2) is 42.5 Å². The van der Waals surface area contributed by atoms with Gasteiger partial charge in [0.1, 0.15) is 17.1 Å². The molecule has 1 aromatic heterocycles. The van der Waals surface area contributed by atoms with Gasteiger partial charge in [0.2, 0.25) is 0 Å². The molecular formula is C20H21FN4O2S. The number of carbonyl (C=O) groups is 1. The van der Waals surface area contributed by atoms with Crippen molar-refractivity contribution in [2.75, 3.05) is 43.0 Å². The lowest BCUT2D eigenvalue weighted by Gasteiger charge is -2.34. The van der Waals surface area contributed by atoms with Gasteiger partial charge in [-0.15, -0.1) is 0 Å². The lowest BCUT2D eigenvalue weighted by Crippen LogP contribution is -2.50. The van der Waals surface area contributed by atoms with Gasteiger partial charge in [-0.3, -0.25) is 0 Å². The highest BCUT2D eigenvalue weighted by molar-refractivity contribution is 7.22. The van der Waals surface area contributed by atoms with Crippen molar-refractivity contribution < 1.29 is 13.9 Å². The van der Waals surface area contributed by atoms with Crippen LogP contribution in [0.4, 0.5) is 20.0 Å². The third-order valence-electron chi connectivity index (χ3n) is 4.62. The summed E-state index contributed by atoms with van der Waals surface area (Å²) in [5, 5.41) is 3.57. The molecule has 1 N–H and O–H groups in total. The average molecular weight is 400 g/mol. The molecule has 0 spiro atoms. The van der Waals surface area contributed by atoms with Crippen molar-refractivity contribution in [3.8, 4) is 5.75 Å². The molecule has 1 saturated heterocycles. The van der Waals surface area contributed by atoms with Gasteiger partial charge in [0.05, 0.1) is 17.0 Å². The molecule has 4 rings (SSSR count). The second-order valence-electron chi connectivity index (χ2n) is 6.42. The SMILES string of the molecule is CCOc1cccc2sc(N3CCN(C(=O)Nc4ccccc4F)CC3)nc12. The summed E-state index contributed by atoms with van der Waals surface area (Å²) in [6.45, 7) is 5.01. The van der Waals surface area contributed by atoms with Gasteiger partial charge in [-0.2, -0.15) is 0 Å². The molecular weight excluding hydrogens is 379 g/mol. The van der Waals surface area contributed by atoms with E-state index in [0.717, 1.165) is 21.1 Å². The lowest BCUT2D eigenvalue weighted by atomic mass is 10.3. The number of aromatic nitrogens is 1. The number of urea groups is 1. The molecule has 0 unspecified atom stereocenters. The van der Waals surface area contributed by atoms with E-state index in [4.69, 9.17) is 9.72 Å². The molecule has 2 aromatic carbocycles. The second kappa shape index (κ2) is 8.02. The van der Waals surface area contributed by atoms with Crippen molar-refractivity contribution in [1.82, 2.24) is 9.88 Å². The summed E-state index contributed by atoms with van der Waals surface area (Å²) in [6.07, 6.45) is 0. The van der Waals surface area contributed by atoms with Gasteiger partial charge in [0, 0.05) is 26.2 Å². The van der Waals surface area contributed by atoms with Gasteiger partial charge >= 0.3 is 6.03 Å². The van der Waals surface area contributed by atoms with Gasteiger partial charge in [0.15, 0.2) is 5.13 Å². The highest BCUT2D eigenvalue weighted by atomic mass is 32.1. The summed E-state index contributed by atoms with van der Waals surface area (Å²) >= 11 is 1.62. The van der Waals surface area contributed by atoms with Gasteiger partial charge in [-0.05, 0) is 31.2 Å². The van der Waals surface area contributed by atoms with Crippen molar-refractivity contribution >= 4 is 38.4 Å². The molecule has 2 amide bonds. The number of anilines is 2. The van der Waals surface area contributed by atoms with E-state index in [1.165, 1.54) is 6.07 Å². The summed E-state index contributed by atoms with van der Waals surface area (Å²) in [6, 6.07) is 11.8. The minimum Gasteiger partial charge on any atom is -0.492 e. The Morgan fingerprint density at radius 1 is 1.18 bits per heavy atom. The van der Waals surface area contributed by atoms with E-state index >= 15 is 0 Å². The molecule has 0 atom stereocenters. The number of nitrogens with zero attached hydrogens (tertiary/aromatic N) is 3. The molecule has 28 heavy (non-hydrogen) atoms. The Hall–Kier alpha value is -2.87. The standard InChI is InChI=1S/C20H21FN4O2S/c1-2-27-16-8-5-9-17-18(16)23-20(28-17)25-12-10-24(11-13-25)19(26)22-15-7-4-3-6-14(15)21/h3-9H,2,10-13H2,1H3,(H,22,26). The Labute approximate surface area is 166 Å². The summed E-state index contributed by atoms with van der Waals surface area (Å²) in [7, 11) is 0. The van der Waals surface area contributed by atoms with Crippen LogP contribution in [0, 0.1) is 5.82 Å². The van der Waals surface area contributed by atoms with E-state index in [1.807, 2.05) is 25.1 Å². The minimum atomic E-state index is -0.436. The predicted molar refractivity (Wildman–Crippen MR) is 110 cm³/mol.